The molecule has 1 heterocycles. The Morgan fingerprint density at radius 3 is 2.33 bits per heavy atom. The largest absolute Gasteiger partial charge is 0.397 e. The quantitative estimate of drug-likeness (QED) is 0.721. The summed E-state index contributed by atoms with van der Waals surface area (Å²) in [7, 11) is -7.34. The SMILES string of the molecule is CC(C)S(=O)(=O)CC1=C(N)C=NS1(=O)=O. The van der Waals surface area contributed by atoms with Gasteiger partial charge in [0.25, 0.3) is 10.0 Å². The molecule has 0 aromatic heterocycles. The van der Waals surface area contributed by atoms with Gasteiger partial charge in [-0.3, -0.25) is 0 Å². The number of sulfone groups is 1. The lowest BCUT2D eigenvalue weighted by molar-refractivity contribution is 0.587. The number of rotatable bonds is 3. The van der Waals surface area contributed by atoms with Gasteiger partial charge < -0.3 is 5.73 Å². The summed E-state index contributed by atoms with van der Waals surface area (Å²) in [5.74, 6) is -0.584. The van der Waals surface area contributed by atoms with Crippen molar-refractivity contribution in [3.8, 4) is 0 Å². The molecule has 0 aromatic carbocycles. The molecule has 8 heteroatoms. The number of allylic oxidation sites excluding steroid dienone is 1. The van der Waals surface area contributed by atoms with Gasteiger partial charge in [0.05, 0.1) is 22.9 Å². The lowest BCUT2D eigenvalue weighted by Gasteiger charge is -2.07. The van der Waals surface area contributed by atoms with E-state index in [1.165, 1.54) is 13.8 Å². The summed E-state index contributed by atoms with van der Waals surface area (Å²) in [4.78, 5) is -0.323. The first-order chi connectivity index (χ1) is 6.67. The minimum absolute atomic E-state index is 0.0979. The van der Waals surface area contributed by atoms with E-state index in [4.69, 9.17) is 5.73 Å². The highest BCUT2D eigenvalue weighted by Gasteiger charge is 2.30. The average Bonchev–Trinajstić information content (AvgIpc) is 2.31. The van der Waals surface area contributed by atoms with Crippen LogP contribution in [0.3, 0.4) is 0 Å². The molecule has 1 aliphatic rings. The Kier molecular flexibility index (Phi) is 2.92. The van der Waals surface area contributed by atoms with Crippen LogP contribution in [0, 0.1) is 0 Å². The van der Waals surface area contributed by atoms with Crippen LogP contribution in [0.25, 0.3) is 0 Å². The standard InChI is InChI=1S/C7H12N2O4S2/c1-5(2)14(10,11)4-7-6(8)3-9-15(7,12)13/h3,5H,4,8H2,1-2H3. The van der Waals surface area contributed by atoms with Crippen molar-refractivity contribution >= 4 is 26.1 Å². The van der Waals surface area contributed by atoms with E-state index in [0.717, 1.165) is 6.21 Å². The van der Waals surface area contributed by atoms with Crippen molar-refractivity contribution in [2.45, 2.75) is 19.1 Å². The molecule has 0 amide bonds. The molecule has 0 radical (unpaired) electrons. The highest BCUT2D eigenvalue weighted by molar-refractivity contribution is 7.97. The smallest absolute Gasteiger partial charge is 0.281 e. The molecule has 0 saturated heterocycles. The number of sulfonamides is 1. The van der Waals surface area contributed by atoms with Gasteiger partial charge >= 0.3 is 0 Å². The van der Waals surface area contributed by atoms with E-state index in [-0.39, 0.29) is 10.6 Å². The molecule has 1 aliphatic heterocycles. The minimum Gasteiger partial charge on any atom is -0.397 e. The van der Waals surface area contributed by atoms with Gasteiger partial charge in [0.2, 0.25) is 0 Å². The maximum atomic E-state index is 11.5. The van der Waals surface area contributed by atoms with E-state index in [1.807, 2.05) is 0 Å². The summed E-state index contributed by atoms with van der Waals surface area (Å²) < 4.78 is 48.7. The van der Waals surface area contributed by atoms with Crippen LogP contribution in [0.1, 0.15) is 13.8 Å². The second-order valence-corrected chi connectivity index (χ2v) is 7.66. The first-order valence-electron chi connectivity index (χ1n) is 4.17. The Hall–Kier alpha value is -0.890. The van der Waals surface area contributed by atoms with E-state index >= 15 is 0 Å². The van der Waals surface area contributed by atoms with Crippen LogP contribution in [-0.2, 0) is 19.9 Å². The molecule has 0 spiro atoms. The van der Waals surface area contributed by atoms with E-state index in [0.29, 0.717) is 0 Å². The van der Waals surface area contributed by atoms with Gasteiger partial charge in [-0.05, 0) is 13.8 Å². The van der Waals surface area contributed by atoms with Crippen molar-refractivity contribution in [2.75, 3.05) is 5.75 Å². The molecule has 0 aromatic rings. The number of hydrogen-bond donors (Lipinski definition) is 1. The molecule has 0 unspecified atom stereocenters. The lowest BCUT2D eigenvalue weighted by Crippen LogP contribution is -2.22. The van der Waals surface area contributed by atoms with Crippen LogP contribution < -0.4 is 5.73 Å². The van der Waals surface area contributed by atoms with E-state index < -0.39 is 30.9 Å². The predicted molar refractivity (Wildman–Crippen MR) is 57.5 cm³/mol. The summed E-state index contributed by atoms with van der Waals surface area (Å²) in [6.45, 7) is 2.96. The summed E-state index contributed by atoms with van der Waals surface area (Å²) in [5, 5.41) is -0.645. The van der Waals surface area contributed by atoms with Gasteiger partial charge in [0.1, 0.15) is 4.91 Å². The fourth-order valence-electron chi connectivity index (χ4n) is 0.918. The van der Waals surface area contributed by atoms with Gasteiger partial charge in [-0.25, -0.2) is 8.42 Å². The third-order valence-corrected chi connectivity index (χ3v) is 5.71. The molecule has 0 aliphatic carbocycles. The summed E-state index contributed by atoms with van der Waals surface area (Å²) in [5.41, 5.74) is 5.25. The van der Waals surface area contributed by atoms with Gasteiger partial charge in [-0.2, -0.15) is 12.8 Å². The van der Waals surface area contributed by atoms with Crippen LogP contribution in [0.2, 0.25) is 0 Å². The zero-order valence-corrected chi connectivity index (χ0v) is 9.97. The molecule has 0 fully saturated rings. The second-order valence-electron chi connectivity index (χ2n) is 3.44. The molecule has 0 atom stereocenters. The van der Waals surface area contributed by atoms with Crippen molar-refractivity contribution in [1.29, 1.82) is 0 Å². The van der Waals surface area contributed by atoms with Crippen molar-refractivity contribution in [1.82, 2.24) is 0 Å². The number of nitrogens with two attached hydrogens (primary N) is 1. The predicted octanol–water partition coefficient (Wildman–Crippen LogP) is -0.606. The summed E-state index contributed by atoms with van der Waals surface area (Å²) in [6, 6.07) is 0. The van der Waals surface area contributed by atoms with Crippen LogP contribution >= 0.6 is 0 Å². The molecule has 6 nitrogen and oxygen atoms in total. The Morgan fingerprint density at radius 1 is 1.47 bits per heavy atom. The first kappa shape index (κ1) is 12.2. The summed E-state index contributed by atoms with van der Waals surface area (Å²) in [6.07, 6.45) is 0.959. The van der Waals surface area contributed by atoms with E-state index in [2.05, 4.69) is 4.40 Å². The topological polar surface area (TPSA) is 107 Å². The van der Waals surface area contributed by atoms with Crippen LogP contribution in [0.4, 0.5) is 0 Å². The van der Waals surface area contributed by atoms with Crippen molar-refractivity contribution in [2.24, 2.45) is 10.1 Å². The normalized spacial score (nSPS) is 20.2. The Labute approximate surface area is 88.9 Å². The second kappa shape index (κ2) is 3.60. The molecular formula is C7H12N2O4S2. The van der Waals surface area contributed by atoms with Crippen LogP contribution in [0.15, 0.2) is 15.0 Å². The molecule has 2 N–H and O–H groups in total. The fraction of sp³-hybridized carbons (Fsp3) is 0.571. The first-order valence-corrected chi connectivity index (χ1v) is 7.33. The van der Waals surface area contributed by atoms with E-state index in [9.17, 15) is 16.8 Å². The van der Waals surface area contributed by atoms with E-state index in [1.54, 1.807) is 0 Å². The van der Waals surface area contributed by atoms with Crippen molar-refractivity contribution in [3.63, 3.8) is 0 Å². The maximum absolute atomic E-state index is 11.5. The Bertz CT molecular complexity index is 525. The maximum Gasteiger partial charge on any atom is 0.281 e. The lowest BCUT2D eigenvalue weighted by atomic mass is 10.4. The van der Waals surface area contributed by atoms with Gasteiger partial charge in [-0.1, -0.05) is 0 Å². The van der Waals surface area contributed by atoms with Crippen LogP contribution in [-0.4, -0.2) is 34.1 Å². The molecule has 0 saturated carbocycles. The number of hydrogen-bond acceptors (Lipinski definition) is 5. The van der Waals surface area contributed by atoms with Crippen molar-refractivity contribution < 1.29 is 16.8 Å². The third-order valence-electron chi connectivity index (χ3n) is 2.01. The summed E-state index contributed by atoms with van der Waals surface area (Å²) >= 11 is 0. The highest BCUT2D eigenvalue weighted by Crippen LogP contribution is 2.20. The number of nitrogens with zero attached hydrogens (tertiary/aromatic N) is 1. The molecule has 1 rings (SSSR count). The third kappa shape index (κ3) is 2.37. The van der Waals surface area contributed by atoms with Gasteiger partial charge in [-0.15, -0.1) is 0 Å². The molecule has 86 valence electrons. The Morgan fingerprint density at radius 2 is 2.00 bits per heavy atom. The molecule has 15 heavy (non-hydrogen) atoms. The zero-order chi connectivity index (χ0) is 11.9. The average molecular weight is 252 g/mol. The fourth-order valence-corrected chi connectivity index (χ4v) is 3.60. The highest BCUT2D eigenvalue weighted by atomic mass is 32.2. The van der Waals surface area contributed by atoms with Gasteiger partial charge in [0.15, 0.2) is 9.84 Å². The van der Waals surface area contributed by atoms with Crippen LogP contribution in [0.5, 0.6) is 0 Å². The Balaban J connectivity index is 3.11. The molecular weight excluding hydrogens is 240 g/mol. The van der Waals surface area contributed by atoms with Crippen molar-refractivity contribution in [3.05, 3.63) is 10.6 Å². The minimum atomic E-state index is -3.86. The molecule has 0 bridgehead atoms. The van der Waals surface area contributed by atoms with Gasteiger partial charge in [0, 0.05) is 0 Å². The zero-order valence-electron chi connectivity index (χ0n) is 8.34. The monoisotopic (exact) mass is 252 g/mol.